The van der Waals surface area contributed by atoms with Gasteiger partial charge in [0.25, 0.3) is 0 Å². The summed E-state index contributed by atoms with van der Waals surface area (Å²) < 4.78 is 50.9. The fourth-order valence-corrected chi connectivity index (χ4v) is 1.30. The van der Waals surface area contributed by atoms with Crippen molar-refractivity contribution in [3.8, 4) is 5.69 Å². The molecule has 0 aliphatic rings. The number of nitrogens with zero attached hydrogens (tertiary/aromatic N) is 2. The normalized spacial score (nSPS) is 11.8. The minimum Gasteiger partial charge on any atom is -0.295 e. The highest BCUT2D eigenvalue weighted by Crippen LogP contribution is 2.30. The van der Waals surface area contributed by atoms with Crippen LogP contribution in [0.25, 0.3) is 5.69 Å². The van der Waals surface area contributed by atoms with Gasteiger partial charge in [-0.2, -0.15) is 23.0 Å². The lowest BCUT2D eigenvalue weighted by atomic mass is 10.2. The van der Waals surface area contributed by atoms with Crippen LogP contribution in [-0.2, 0) is 6.18 Å². The predicted octanol–water partition coefficient (Wildman–Crippen LogP) is 1.72. The quantitative estimate of drug-likeness (QED) is 0.780. The number of hydrogen-bond donors (Lipinski definition) is 1. The number of rotatable bonds is 1. The first kappa shape index (κ1) is 11.4. The monoisotopic (exact) mass is 247 g/mol. The van der Waals surface area contributed by atoms with Crippen molar-refractivity contribution >= 4 is 0 Å². The molecule has 0 saturated heterocycles. The maximum atomic E-state index is 13.0. The molecule has 0 saturated carbocycles. The number of aromatic amines is 1. The highest BCUT2D eigenvalue weighted by molar-refractivity contribution is 5.36. The maximum absolute atomic E-state index is 13.0. The summed E-state index contributed by atoms with van der Waals surface area (Å²) in [5.41, 5.74) is -2.21. The molecule has 0 radical (unpaired) electrons. The molecule has 1 aromatic carbocycles. The third-order valence-corrected chi connectivity index (χ3v) is 2.01. The van der Waals surface area contributed by atoms with Crippen LogP contribution in [0.5, 0.6) is 0 Å². The second-order valence-electron chi connectivity index (χ2n) is 3.20. The second-order valence-corrected chi connectivity index (χ2v) is 3.20. The number of nitrogens with one attached hydrogen (secondary N) is 1. The Morgan fingerprint density at radius 2 is 1.94 bits per heavy atom. The summed E-state index contributed by atoms with van der Waals surface area (Å²) in [5.74, 6) is -1.09. The van der Waals surface area contributed by atoms with E-state index in [-0.39, 0.29) is 5.69 Å². The summed E-state index contributed by atoms with van der Waals surface area (Å²) in [6.45, 7) is 0. The molecule has 2 rings (SSSR count). The first-order valence-electron chi connectivity index (χ1n) is 4.39. The summed E-state index contributed by atoms with van der Waals surface area (Å²) in [6, 6.07) is 1.78. The summed E-state index contributed by atoms with van der Waals surface area (Å²) in [6.07, 6.45) is -3.68. The van der Waals surface area contributed by atoms with Crippen LogP contribution in [0.2, 0.25) is 0 Å². The van der Waals surface area contributed by atoms with Crippen LogP contribution in [0.3, 0.4) is 0 Å². The molecular weight excluding hydrogens is 242 g/mol. The number of H-pyrrole nitrogens is 1. The largest absolute Gasteiger partial charge is 0.416 e. The second kappa shape index (κ2) is 3.72. The number of aromatic nitrogens is 3. The van der Waals surface area contributed by atoms with Gasteiger partial charge in [0, 0.05) is 0 Å². The predicted molar refractivity (Wildman–Crippen MR) is 49.1 cm³/mol. The standard InChI is InChI=1S/C9H5F4N3O/c10-6-1-5(9(11,12)13)2-7(3-6)16-8(17)14-4-15-16/h1-4H,(H,14,15,17). The van der Waals surface area contributed by atoms with Crippen molar-refractivity contribution < 1.29 is 17.6 Å². The summed E-state index contributed by atoms with van der Waals surface area (Å²) >= 11 is 0. The van der Waals surface area contributed by atoms with Gasteiger partial charge in [0.05, 0.1) is 11.3 Å². The van der Waals surface area contributed by atoms with Gasteiger partial charge in [-0.3, -0.25) is 4.98 Å². The smallest absolute Gasteiger partial charge is 0.295 e. The van der Waals surface area contributed by atoms with Gasteiger partial charge in [0.15, 0.2) is 0 Å². The van der Waals surface area contributed by atoms with Gasteiger partial charge in [-0.25, -0.2) is 9.18 Å². The van der Waals surface area contributed by atoms with E-state index >= 15 is 0 Å². The highest BCUT2D eigenvalue weighted by atomic mass is 19.4. The molecule has 0 aliphatic carbocycles. The molecule has 1 aromatic heterocycles. The average molecular weight is 247 g/mol. The number of hydrogen-bond acceptors (Lipinski definition) is 2. The number of halogens is 4. The van der Waals surface area contributed by atoms with E-state index < -0.39 is 23.2 Å². The van der Waals surface area contributed by atoms with Crippen molar-refractivity contribution in [3.63, 3.8) is 0 Å². The molecular formula is C9H5F4N3O. The van der Waals surface area contributed by atoms with Gasteiger partial charge in [-0.05, 0) is 18.2 Å². The van der Waals surface area contributed by atoms with E-state index in [0.29, 0.717) is 16.8 Å². The molecule has 4 nitrogen and oxygen atoms in total. The van der Waals surface area contributed by atoms with Gasteiger partial charge in [0.2, 0.25) is 0 Å². The van der Waals surface area contributed by atoms with E-state index in [0.717, 1.165) is 12.4 Å². The maximum Gasteiger partial charge on any atom is 0.416 e. The van der Waals surface area contributed by atoms with Crippen molar-refractivity contribution in [1.29, 1.82) is 0 Å². The van der Waals surface area contributed by atoms with Gasteiger partial charge >= 0.3 is 11.9 Å². The molecule has 1 N–H and O–H groups in total. The first-order valence-corrected chi connectivity index (χ1v) is 4.39. The molecule has 0 atom stereocenters. The summed E-state index contributed by atoms with van der Waals surface area (Å²) in [4.78, 5) is 13.3. The van der Waals surface area contributed by atoms with E-state index in [9.17, 15) is 22.4 Å². The average Bonchev–Trinajstić information content (AvgIpc) is 2.62. The van der Waals surface area contributed by atoms with Gasteiger partial charge in [0.1, 0.15) is 12.1 Å². The van der Waals surface area contributed by atoms with Crippen LogP contribution in [0.1, 0.15) is 5.56 Å². The SMILES string of the molecule is O=c1[nH]cnn1-c1cc(F)cc(C(F)(F)F)c1. The zero-order valence-electron chi connectivity index (χ0n) is 8.12. The van der Waals surface area contributed by atoms with Crippen molar-refractivity contribution in [2.45, 2.75) is 6.18 Å². The topological polar surface area (TPSA) is 50.7 Å². The van der Waals surface area contributed by atoms with Crippen molar-refractivity contribution in [3.05, 3.63) is 46.4 Å². The molecule has 2 aromatic rings. The Balaban J connectivity index is 2.61. The molecule has 0 aliphatic heterocycles. The summed E-state index contributed by atoms with van der Waals surface area (Å²) in [5, 5.41) is 3.46. The van der Waals surface area contributed by atoms with Crippen LogP contribution in [-0.4, -0.2) is 14.8 Å². The first-order chi connectivity index (χ1) is 7.88. The van der Waals surface area contributed by atoms with Crippen molar-refractivity contribution in [2.75, 3.05) is 0 Å². The van der Waals surface area contributed by atoms with Crippen LogP contribution in [0, 0.1) is 5.82 Å². The highest BCUT2D eigenvalue weighted by Gasteiger charge is 2.31. The Morgan fingerprint density at radius 3 is 2.47 bits per heavy atom. The Labute approximate surface area is 91.5 Å². The number of benzene rings is 1. The lowest BCUT2D eigenvalue weighted by Gasteiger charge is -2.08. The molecule has 8 heteroatoms. The minimum atomic E-state index is -4.68. The van der Waals surface area contributed by atoms with E-state index in [4.69, 9.17) is 0 Å². The molecule has 0 bridgehead atoms. The van der Waals surface area contributed by atoms with Gasteiger partial charge in [-0.15, -0.1) is 0 Å². The van der Waals surface area contributed by atoms with Crippen molar-refractivity contribution in [1.82, 2.24) is 14.8 Å². The number of alkyl halides is 3. The Hall–Kier alpha value is -2.12. The molecule has 0 unspecified atom stereocenters. The Kier molecular flexibility index (Phi) is 2.49. The molecule has 0 amide bonds. The molecule has 90 valence electrons. The Bertz CT molecular complexity index is 599. The van der Waals surface area contributed by atoms with Gasteiger partial charge in [-0.1, -0.05) is 0 Å². The van der Waals surface area contributed by atoms with Crippen LogP contribution >= 0.6 is 0 Å². The fourth-order valence-electron chi connectivity index (χ4n) is 1.30. The third kappa shape index (κ3) is 2.19. The van der Waals surface area contributed by atoms with Crippen LogP contribution in [0.15, 0.2) is 29.3 Å². The van der Waals surface area contributed by atoms with Crippen molar-refractivity contribution in [2.24, 2.45) is 0 Å². The summed E-state index contributed by atoms with van der Waals surface area (Å²) in [7, 11) is 0. The lowest BCUT2D eigenvalue weighted by Crippen LogP contribution is -2.17. The third-order valence-electron chi connectivity index (χ3n) is 2.01. The molecule has 17 heavy (non-hydrogen) atoms. The minimum absolute atomic E-state index is 0.288. The van der Waals surface area contributed by atoms with E-state index in [1.807, 2.05) is 0 Å². The zero-order valence-corrected chi connectivity index (χ0v) is 8.12. The van der Waals surface area contributed by atoms with Crippen LogP contribution in [0.4, 0.5) is 17.6 Å². The van der Waals surface area contributed by atoms with E-state index in [1.54, 1.807) is 0 Å². The molecule has 0 fully saturated rings. The van der Waals surface area contributed by atoms with Gasteiger partial charge < -0.3 is 0 Å². The lowest BCUT2D eigenvalue weighted by molar-refractivity contribution is -0.137. The molecule has 0 spiro atoms. The zero-order chi connectivity index (χ0) is 12.6. The molecule has 1 heterocycles. The van der Waals surface area contributed by atoms with Crippen LogP contribution < -0.4 is 5.69 Å². The Morgan fingerprint density at radius 1 is 1.24 bits per heavy atom. The van der Waals surface area contributed by atoms with E-state index in [2.05, 4.69) is 10.1 Å². The van der Waals surface area contributed by atoms with E-state index in [1.165, 1.54) is 0 Å². The fraction of sp³-hybridized carbons (Fsp3) is 0.111.